The lowest BCUT2D eigenvalue weighted by molar-refractivity contribution is -0.0174. The second-order valence-corrected chi connectivity index (χ2v) is 10.3. The van der Waals surface area contributed by atoms with E-state index in [-0.39, 0.29) is 23.9 Å². The number of piperidine rings is 1. The number of ether oxygens (including phenoxy) is 2. The van der Waals surface area contributed by atoms with Gasteiger partial charge in [-0.15, -0.1) is 11.3 Å². The molecular formula is C25H31FN6O3S. The van der Waals surface area contributed by atoms with Crippen LogP contribution in [-0.2, 0) is 4.74 Å². The molecule has 2 saturated heterocycles. The van der Waals surface area contributed by atoms with Crippen molar-refractivity contribution in [1.82, 2.24) is 25.5 Å². The SMILES string of the molecule is Cc1c(C(=O)NCC2CN(C)CCO2)sc2ncnc(Nc3ccc(F)cc3OC3CCCNC3)c12. The number of likely N-dealkylation sites (N-methyl/N-ethyl adjacent to an activating group) is 1. The molecule has 0 bridgehead atoms. The maximum Gasteiger partial charge on any atom is 0.261 e. The van der Waals surface area contributed by atoms with Gasteiger partial charge in [-0.2, -0.15) is 0 Å². The topological polar surface area (TPSA) is 101 Å². The van der Waals surface area contributed by atoms with Gasteiger partial charge in [-0.05, 0) is 51.1 Å². The Labute approximate surface area is 213 Å². The fourth-order valence-electron chi connectivity index (χ4n) is 4.58. The van der Waals surface area contributed by atoms with Gasteiger partial charge in [0, 0.05) is 32.2 Å². The van der Waals surface area contributed by atoms with Gasteiger partial charge in [-0.25, -0.2) is 14.4 Å². The normalized spacial score (nSPS) is 20.9. The van der Waals surface area contributed by atoms with E-state index in [1.54, 1.807) is 6.07 Å². The van der Waals surface area contributed by atoms with Gasteiger partial charge < -0.3 is 30.3 Å². The van der Waals surface area contributed by atoms with Crippen LogP contribution in [0, 0.1) is 12.7 Å². The zero-order valence-corrected chi connectivity index (χ0v) is 21.3. The summed E-state index contributed by atoms with van der Waals surface area (Å²) in [6.07, 6.45) is 3.32. The lowest BCUT2D eigenvalue weighted by atomic mass is 10.1. The maximum atomic E-state index is 14.1. The van der Waals surface area contributed by atoms with Crippen LogP contribution in [0.4, 0.5) is 15.9 Å². The first-order chi connectivity index (χ1) is 17.5. The van der Waals surface area contributed by atoms with Crippen molar-refractivity contribution >= 4 is 39.0 Å². The molecule has 36 heavy (non-hydrogen) atoms. The molecule has 11 heteroatoms. The number of amides is 1. The Morgan fingerprint density at radius 1 is 1.39 bits per heavy atom. The van der Waals surface area contributed by atoms with Gasteiger partial charge in [0.15, 0.2) is 0 Å². The standard InChI is InChI=1S/C25H31FN6O3S/c1-15-21-23(31-19-6-5-16(26)10-20(19)35-17-4-3-7-27-11-17)29-14-30-25(21)36-22(15)24(33)28-12-18-13-32(2)8-9-34-18/h5-6,10,14,17-18,27H,3-4,7-9,11-13H2,1-2H3,(H,28,33)(H,29,30,31). The zero-order valence-electron chi connectivity index (χ0n) is 20.5. The molecule has 3 N–H and O–H groups in total. The summed E-state index contributed by atoms with van der Waals surface area (Å²) in [6, 6.07) is 4.42. The quantitative estimate of drug-likeness (QED) is 0.442. The molecule has 1 amide bonds. The van der Waals surface area contributed by atoms with Crippen molar-refractivity contribution in [2.45, 2.75) is 32.0 Å². The number of hydrogen-bond acceptors (Lipinski definition) is 9. The van der Waals surface area contributed by atoms with Crippen LogP contribution in [0.15, 0.2) is 24.5 Å². The van der Waals surface area contributed by atoms with Crippen molar-refractivity contribution in [1.29, 1.82) is 0 Å². The molecule has 2 fully saturated rings. The molecule has 3 aromatic rings. The van der Waals surface area contributed by atoms with Crippen LogP contribution in [0.2, 0.25) is 0 Å². The number of morpholine rings is 1. The van der Waals surface area contributed by atoms with Gasteiger partial charge in [-0.3, -0.25) is 4.79 Å². The molecule has 0 spiro atoms. The van der Waals surface area contributed by atoms with Crippen molar-refractivity contribution < 1.29 is 18.7 Å². The van der Waals surface area contributed by atoms with E-state index in [0.29, 0.717) is 40.1 Å². The highest BCUT2D eigenvalue weighted by atomic mass is 32.1. The number of aryl methyl sites for hydroxylation is 1. The van der Waals surface area contributed by atoms with Gasteiger partial charge in [0.1, 0.15) is 34.6 Å². The monoisotopic (exact) mass is 514 g/mol. The van der Waals surface area contributed by atoms with E-state index in [1.807, 2.05) is 14.0 Å². The van der Waals surface area contributed by atoms with Gasteiger partial charge in [0.2, 0.25) is 0 Å². The number of benzene rings is 1. The maximum absolute atomic E-state index is 14.1. The first-order valence-corrected chi connectivity index (χ1v) is 13.1. The second-order valence-electron chi connectivity index (χ2n) is 9.28. The molecule has 2 aromatic heterocycles. The van der Waals surface area contributed by atoms with Gasteiger partial charge in [-0.1, -0.05) is 0 Å². The Morgan fingerprint density at radius 3 is 3.08 bits per heavy atom. The number of halogens is 1. The Balaban J connectivity index is 1.36. The number of carbonyl (C=O) groups is 1. The smallest absolute Gasteiger partial charge is 0.261 e. The van der Waals surface area contributed by atoms with Crippen LogP contribution in [0.25, 0.3) is 10.2 Å². The van der Waals surface area contributed by atoms with Crippen LogP contribution in [0.5, 0.6) is 5.75 Å². The molecule has 5 rings (SSSR count). The van der Waals surface area contributed by atoms with Gasteiger partial charge >= 0.3 is 0 Å². The van der Waals surface area contributed by atoms with E-state index in [4.69, 9.17) is 9.47 Å². The third kappa shape index (κ3) is 5.59. The predicted molar refractivity (Wildman–Crippen MR) is 138 cm³/mol. The summed E-state index contributed by atoms with van der Waals surface area (Å²) in [6.45, 7) is 6.36. The number of fused-ring (bicyclic) bond motifs is 1. The predicted octanol–water partition coefficient (Wildman–Crippen LogP) is 3.07. The van der Waals surface area contributed by atoms with E-state index in [1.165, 1.54) is 29.8 Å². The van der Waals surface area contributed by atoms with E-state index in [9.17, 15) is 9.18 Å². The third-order valence-electron chi connectivity index (χ3n) is 6.51. The number of rotatable bonds is 7. The molecule has 0 saturated carbocycles. The molecule has 192 valence electrons. The van der Waals surface area contributed by atoms with E-state index in [2.05, 4.69) is 30.8 Å². The Hall–Kier alpha value is -2.86. The minimum absolute atomic E-state index is 0.0300. The summed E-state index contributed by atoms with van der Waals surface area (Å²) in [4.78, 5) is 25.3. The van der Waals surface area contributed by atoms with Crippen LogP contribution in [0.3, 0.4) is 0 Å². The first kappa shape index (κ1) is 24.8. The van der Waals surface area contributed by atoms with Crippen molar-refractivity contribution in [2.24, 2.45) is 0 Å². The number of thiophene rings is 1. The minimum Gasteiger partial charge on any atom is -0.487 e. The summed E-state index contributed by atoms with van der Waals surface area (Å²) < 4.78 is 26.0. The fraction of sp³-hybridized carbons (Fsp3) is 0.480. The molecule has 2 unspecified atom stereocenters. The van der Waals surface area contributed by atoms with Crippen molar-refractivity contribution in [2.75, 3.05) is 51.7 Å². The molecule has 0 radical (unpaired) electrons. The summed E-state index contributed by atoms with van der Waals surface area (Å²) in [5.41, 5.74) is 1.40. The minimum atomic E-state index is -0.369. The molecule has 2 aliphatic rings. The van der Waals surface area contributed by atoms with Crippen LogP contribution in [0.1, 0.15) is 28.1 Å². The van der Waals surface area contributed by atoms with Gasteiger partial charge in [0.25, 0.3) is 5.91 Å². The van der Waals surface area contributed by atoms with Crippen LogP contribution < -0.4 is 20.7 Å². The molecule has 1 aromatic carbocycles. The number of carbonyl (C=O) groups excluding carboxylic acids is 1. The number of hydrogen-bond donors (Lipinski definition) is 3. The average molecular weight is 515 g/mol. The molecule has 4 heterocycles. The van der Waals surface area contributed by atoms with E-state index < -0.39 is 0 Å². The second kappa shape index (κ2) is 11.0. The van der Waals surface area contributed by atoms with Crippen molar-refractivity contribution in [3.63, 3.8) is 0 Å². The summed E-state index contributed by atoms with van der Waals surface area (Å²) in [7, 11) is 2.05. The first-order valence-electron chi connectivity index (χ1n) is 12.2. The summed E-state index contributed by atoms with van der Waals surface area (Å²) >= 11 is 1.33. The summed E-state index contributed by atoms with van der Waals surface area (Å²) in [5.74, 6) is 0.446. The number of anilines is 2. The van der Waals surface area contributed by atoms with E-state index >= 15 is 0 Å². The fourth-order valence-corrected chi connectivity index (χ4v) is 5.65. The van der Waals surface area contributed by atoms with Crippen LogP contribution >= 0.6 is 11.3 Å². The molecule has 9 nitrogen and oxygen atoms in total. The Morgan fingerprint density at radius 2 is 2.28 bits per heavy atom. The molecular weight excluding hydrogens is 483 g/mol. The molecule has 0 aliphatic carbocycles. The van der Waals surface area contributed by atoms with E-state index in [0.717, 1.165) is 50.0 Å². The molecule has 2 atom stereocenters. The zero-order chi connectivity index (χ0) is 25.1. The highest BCUT2D eigenvalue weighted by molar-refractivity contribution is 7.20. The highest BCUT2D eigenvalue weighted by Gasteiger charge is 2.23. The third-order valence-corrected chi connectivity index (χ3v) is 7.71. The largest absolute Gasteiger partial charge is 0.487 e. The highest BCUT2D eigenvalue weighted by Crippen LogP contribution is 2.37. The average Bonchev–Trinajstić information content (AvgIpc) is 3.22. The van der Waals surface area contributed by atoms with Crippen molar-refractivity contribution in [3.8, 4) is 5.75 Å². The number of nitrogens with one attached hydrogen (secondary N) is 3. The summed E-state index contributed by atoms with van der Waals surface area (Å²) in [5, 5.41) is 10.4. The van der Waals surface area contributed by atoms with Crippen LogP contribution in [-0.4, -0.2) is 79.4 Å². The Bertz CT molecular complexity index is 1230. The Kier molecular flexibility index (Phi) is 7.61. The van der Waals surface area contributed by atoms with Gasteiger partial charge in [0.05, 0.1) is 28.7 Å². The number of aromatic nitrogens is 2. The lowest BCUT2D eigenvalue weighted by Gasteiger charge is -2.30. The number of nitrogens with zero attached hydrogens (tertiary/aromatic N) is 3. The lowest BCUT2D eigenvalue weighted by Crippen LogP contribution is -2.45. The van der Waals surface area contributed by atoms with Crippen molar-refractivity contribution in [3.05, 3.63) is 40.8 Å². The molecule has 2 aliphatic heterocycles.